The monoisotopic (exact) mass is 952 g/mol. The Hall–Kier alpha value is -1.77. The van der Waals surface area contributed by atoms with Crippen LogP contribution >= 0.6 is 7.82 Å². The number of carbonyl (C=O) groups excluding carboxylic acids is 2. The lowest BCUT2D eigenvalue weighted by Crippen LogP contribution is -2.47. The lowest BCUT2D eigenvalue weighted by molar-refractivity contribution is -0.870. The highest BCUT2D eigenvalue weighted by atomic mass is 31.2. The van der Waals surface area contributed by atoms with Gasteiger partial charge in [-0.15, -0.1) is 0 Å². The molecule has 0 aliphatic heterocycles. The molecule has 0 fully saturated rings. The Labute approximate surface area is 408 Å². The molecule has 10 heteroatoms. The first kappa shape index (κ1) is 64.2. The average Bonchev–Trinajstić information content (AvgIpc) is 3.27. The first-order chi connectivity index (χ1) is 31.9. The van der Waals surface area contributed by atoms with E-state index in [0.717, 1.165) is 83.5 Å². The number of likely N-dealkylation sites (N-methyl/N-ethyl adjacent to an activating group) is 1. The number of phosphoric ester groups is 1. The second-order valence-electron chi connectivity index (χ2n) is 20.1. The molecule has 0 aliphatic carbocycles. The Kier molecular flexibility index (Phi) is 45.7. The van der Waals surface area contributed by atoms with Gasteiger partial charge in [0.25, 0.3) is 0 Å². The van der Waals surface area contributed by atoms with E-state index in [1.54, 1.807) is 0 Å². The molecule has 0 spiro atoms. The van der Waals surface area contributed by atoms with Crippen LogP contribution in [-0.2, 0) is 27.9 Å². The Balaban J connectivity index is 5.38. The van der Waals surface area contributed by atoms with Gasteiger partial charge >= 0.3 is 13.8 Å². The highest BCUT2D eigenvalue weighted by Gasteiger charge is 2.30. The zero-order valence-electron chi connectivity index (χ0n) is 44.2. The normalized spacial score (nSPS) is 14.1. The molecule has 0 aliphatic rings. The summed E-state index contributed by atoms with van der Waals surface area (Å²) >= 11 is 0. The highest BCUT2D eigenvalue weighted by Crippen LogP contribution is 2.43. The third kappa shape index (κ3) is 47.3. The van der Waals surface area contributed by atoms with E-state index in [4.69, 9.17) is 13.8 Å². The Bertz CT molecular complexity index is 1230. The molecule has 9 nitrogen and oxygen atoms in total. The number of carbonyl (C=O) groups is 2. The van der Waals surface area contributed by atoms with Crippen molar-refractivity contribution < 1.29 is 37.3 Å². The van der Waals surface area contributed by atoms with Crippen LogP contribution < -0.4 is 5.32 Å². The number of nitrogens with one attached hydrogen (secondary N) is 1. The fourth-order valence-corrected chi connectivity index (χ4v) is 8.66. The van der Waals surface area contributed by atoms with Crippen molar-refractivity contribution in [3.8, 4) is 0 Å². The molecule has 0 bridgehead atoms. The minimum atomic E-state index is -4.44. The van der Waals surface area contributed by atoms with Crippen molar-refractivity contribution in [1.82, 2.24) is 5.32 Å². The standard InChI is InChI=1S/C56H107N2O7P/c1-7-10-13-16-19-22-25-27-29-30-33-36-39-42-45-48-55(59)57-53(52-64-66(61,62)63-51-50-58(4,5)6)54(47-44-41-38-35-32-24-21-18-15-12-9-3)65-56(60)49-46-43-40-37-34-31-28-26-23-20-17-14-11-8-2/h22,25,31,34,44,47,53-54H,7-21,23-24,26-30,32-33,35-43,45-46,48-52H2,1-6H3,(H-,57,59,61,62)/p+1/b25-22-,34-31-,47-44+. The molecule has 2 N–H and O–H groups in total. The Morgan fingerprint density at radius 1 is 0.515 bits per heavy atom. The van der Waals surface area contributed by atoms with Gasteiger partial charge in [-0.3, -0.25) is 18.6 Å². The lowest BCUT2D eigenvalue weighted by atomic mass is 10.1. The van der Waals surface area contributed by atoms with Crippen LogP contribution in [0.4, 0.5) is 0 Å². The Morgan fingerprint density at radius 3 is 1.32 bits per heavy atom. The zero-order valence-corrected chi connectivity index (χ0v) is 45.1. The molecular formula is C56H108N2O7P+. The molecular weight excluding hydrogens is 844 g/mol. The van der Waals surface area contributed by atoms with Crippen molar-refractivity contribution in [1.29, 1.82) is 0 Å². The molecule has 0 saturated carbocycles. The summed E-state index contributed by atoms with van der Waals surface area (Å²) in [6, 6.07) is -0.852. The van der Waals surface area contributed by atoms with Gasteiger partial charge in [-0.1, -0.05) is 199 Å². The minimum absolute atomic E-state index is 0.0383. The molecule has 3 atom stereocenters. The first-order valence-electron chi connectivity index (χ1n) is 27.8. The lowest BCUT2D eigenvalue weighted by Gasteiger charge is -2.27. The van der Waals surface area contributed by atoms with E-state index in [1.165, 1.54) is 141 Å². The van der Waals surface area contributed by atoms with Crippen molar-refractivity contribution in [2.45, 2.75) is 270 Å². The molecule has 66 heavy (non-hydrogen) atoms. The van der Waals surface area contributed by atoms with Gasteiger partial charge in [0.1, 0.15) is 19.3 Å². The van der Waals surface area contributed by atoms with Crippen molar-refractivity contribution in [2.24, 2.45) is 0 Å². The molecule has 0 aromatic rings. The predicted molar refractivity (Wildman–Crippen MR) is 282 cm³/mol. The Morgan fingerprint density at radius 2 is 0.879 bits per heavy atom. The summed E-state index contributed by atoms with van der Waals surface area (Å²) in [6.07, 6.45) is 54.2. The second kappa shape index (κ2) is 46.9. The number of esters is 1. The summed E-state index contributed by atoms with van der Waals surface area (Å²) in [6.45, 7) is 6.98. The predicted octanol–water partition coefficient (Wildman–Crippen LogP) is 16.4. The number of unbranched alkanes of at least 4 members (excludes halogenated alkanes) is 30. The maximum atomic E-state index is 13.5. The number of ether oxygens (including phenoxy) is 1. The molecule has 0 saturated heterocycles. The molecule has 0 aromatic carbocycles. The molecule has 0 heterocycles. The molecule has 0 radical (unpaired) electrons. The van der Waals surface area contributed by atoms with Crippen LogP contribution in [0.25, 0.3) is 0 Å². The first-order valence-corrected chi connectivity index (χ1v) is 29.3. The van der Waals surface area contributed by atoms with Crippen molar-refractivity contribution >= 4 is 19.7 Å². The van der Waals surface area contributed by atoms with E-state index >= 15 is 0 Å². The van der Waals surface area contributed by atoms with Crippen molar-refractivity contribution in [3.63, 3.8) is 0 Å². The van der Waals surface area contributed by atoms with E-state index < -0.39 is 20.0 Å². The largest absolute Gasteiger partial charge is 0.472 e. The number of phosphoric acid groups is 1. The molecule has 0 rings (SSSR count). The molecule has 1 amide bonds. The topological polar surface area (TPSA) is 111 Å². The van der Waals surface area contributed by atoms with Gasteiger partial charge in [0.05, 0.1) is 33.8 Å². The van der Waals surface area contributed by atoms with Crippen LogP contribution in [0.2, 0.25) is 0 Å². The van der Waals surface area contributed by atoms with Crippen molar-refractivity contribution in [2.75, 3.05) is 40.9 Å². The van der Waals surface area contributed by atoms with Gasteiger partial charge in [0.2, 0.25) is 5.91 Å². The van der Waals surface area contributed by atoms with Crippen LogP contribution in [-0.4, -0.2) is 74.3 Å². The van der Waals surface area contributed by atoms with Gasteiger partial charge in [-0.05, 0) is 83.1 Å². The third-order valence-electron chi connectivity index (χ3n) is 12.3. The quantitative estimate of drug-likeness (QED) is 0.0205. The zero-order chi connectivity index (χ0) is 48.7. The number of rotatable bonds is 50. The maximum Gasteiger partial charge on any atom is 0.472 e. The summed E-state index contributed by atoms with van der Waals surface area (Å²) in [5.74, 6) is -0.525. The van der Waals surface area contributed by atoms with Crippen LogP contribution in [0.1, 0.15) is 258 Å². The van der Waals surface area contributed by atoms with E-state index in [-0.39, 0.29) is 31.5 Å². The van der Waals surface area contributed by atoms with Crippen molar-refractivity contribution in [3.05, 3.63) is 36.5 Å². The van der Waals surface area contributed by atoms with Gasteiger partial charge in [0.15, 0.2) is 0 Å². The van der Waals surface area contributed by atoms with Crippen LogP contribution in [0.15, 0.2) is 36.5 Å². The average molecular weight is 952 g/mol. The molecule has 0 aromatic heterocycles. The smallest absolute Gasteiger partial charge is 0.456 e. The summed E-state index contributed by atoms with van der Waals surface area (Å²) in [7, 11) is 1.49. The number of hydrogen-bond donors (Lipinski definition) is 2. The number of nitrogens with zero attached hydrogens (tertiary/aromatic N) is 1. The SMILES string of the molecule is CCCCCC/C=C\CCCCCCCCCC(=O)NC(COP(=O)(O)OCC[N+](C)(C)C)C(/C=C/CCCCCCCCCCC)OC(=O)CCCCC/C=C\CCCCCCCCC. The summed E-state index contributed by atoms with van der Waals surface area (Å²) in [5, 5.41) is 3.04. The third-order valence-corrected chi connectivity index (χ3v) is 13.3. The van der Waals surface area contributed by atoms with Gasteiger partial charge in [-0.25, -0.2) is 4.57 Å². The highest BCUT2D eigenvalue weighted by molar-refractivity contribution is 7.47. The van der Waals surface area contributed by atoms with Gasteiger partial charge < -0.3 is 19.4 Å². The fourth-order valence-electron chi connectivity index (χ4n) is 7.93. The van der Waals surface area contributed by atoms with E-state index in [1.807, 2.05) is 33.3 Å². The van der Waals surface area contributed by atoms with Gasteiger partial charge in [0, 0.05) is 12.8 Å². The van der Waals surface area contributed by atoms with Crippen LogP contribution in [0.3, 0.4) is 0 Å². The fraction of sp³-hybridized carbons (Fsp3) is 0.857. The van der Waals surface area contributed by atoms with Gasteiger partial charge in [-0.2, -0.15) is 0 Å². The van der Waals surface area contributed by atoms with E-state index in [2.05, 4.69) is 50.4 Å². The van der Waals surface area contributed by atoms with E-state index in [9.17, 15) is 19.0 Å². The van der Waals surface area contributed by atoms with E-state index in [0.29, 0.717) is 17.4 Å². The number of hydrogen-bond acceptors (Lipinski definition) is 6. The number of allylic oxidation sites excluding steroid dienone is 5. The number of amides is 1. The van der Waals surface area contributed by atoms with Crippen LogP contribution in [0.5, 0.6) is 0 Å². The summed E-state index contributed by atoms with van der Waals surface area (Å²) in [5.41, 5.74) is 0. The minimum Gasteiger partial charge on any atom is -0.456 e. The number of quaternary nitrogens is 1. The molecule has 3 unspecified atom stereocenters. The molecule has 388 valence electrons. The second-order valence-corrected chi connectivity index (χ2v) is 21.6. The summed E-state index contributed by atoms with van der Waals surface area (Å²) in [4.78, 5) is 37.5. The maximum absolute atomic E-state index is 13.5. The summed E-state index contributed by atoms with van der Waals surface area (Å²) < 4.78 is 30.5. The van der Waals surface area contributed by atoms with Crippen LogP contribution in [0, 0.1) is 0 Å².